The third-order valence-electron chi connectivity index (χ3n) is 3.12. The van der Waals surface area contributed by atoms with E-state index < -0.39 is 5.97 Å². The molecule has 0 heterocycles. The number of hydrogen-bond donors (Lipinski definition) is 2. The van der Waals surface area contributed by atoms with Gasteiger partial charge in [0.05, 0.1) is 0 Å². The molecule has 0 unspecified atom stereocenters. The predicted octanol–water partition coefficient (Wildman–Crippen LogP) is 5.40. The van der Waals surface area contributed by atoms with Crippen molar-refractivity contribution in [2.24, 2.45) is 0 Å². The standard InChI is InChI=1S/C17H30O2S/c18-17(19)15-13-11-9-7-5-3-1-2-4-6-8-10-12-14-16-20/h4-7,20H,1-3,8-16H2,(H,18,19)/b6-4-,7-5-. The molecule has 1 N–H and O–H groups in total. The SMILES string of the molecule is O=C(O)CCCC/C=C\CCC/C=C\CCCCCS. The van der Waals surface area contributed by atoms with E-state index in [1.54, 1.807) is 0 Å². The van der Waals surface area contributed by atoms with Crippen LogP contribution in [-0.4, -0.2) is 16.8 Å². The summed E-state index contributed by atoms with van der Waals surface area (Å²) in [6.45, 7) is 0. The second-order valence-electron chi connectivity index (χ2n) is 5.09. The Balaban J connectivity index is 3.18. The maximum absolute atomic E-state index is 10.3. The van der Waals surface area contributed by atoms with Crippen LogP contribution in [0.2, 0.25) is 0 Å². The first-order valence-electron chi connectivity index (χ1n) is 7.90. The number of carboxylic acid groups (broad SMARTS) is 1. The summed E-state index contributed by atoms with van der Waals surface area (Å²) in [7, 11) is 0. The average molecular weight is 298 g/mol. The fraction of sp³-hybridized carbons (Fsp3) is 0.706. The molecule has 0 bridgehead atoms. The fourth-order valence-electron chi connectivity index (χ4n) is 1.91. The molecule has 0 aromatic carbocycles. The summed E-state index contributed by atoms with van der Waals surface area (Å²) in [6.07, 6.45) is 20.6. The molecule has 116 valence electrons. The van der Waals surface area contributed by atoms with Crippen molar-refractivity contribution < 1.29 is 9.90 Å². The Morgan fingerprint density at radius 1 is 0.750 bits per heavy atom. The van der Waals surface area contributed by atoms with Gasteiger partial charge in [-0.1, -0.05) is 30.7 Å². The van der Waals surface area contributed by atoms with Crippen molar-refractivity contribution in [2.75, 3.05) is 5.75 Å². The van der Waals surface area contributed by atoms with Crippen LogP contribution in [-0.2, 0) is 4.79 Å². The van der Waals surface area contributed by atoms with Crippen molar-refractivity contribution in [1.29, 1.82) is 0 Å². The van der Waals surface area contributed by atoms with Gasteiger partial charge in [-0.3, -0.25) is 4.79 Å². The highest BCUT2D eigenvalue weighted by atomic mass is 32.1. The molecular formula is C17H30O2S. The van der Waals surface area contributed by atoms with Gasteiger partial charge in [0, 0.05) is 6.42 Å². The summed E-state index contributed by atoms with van der Waals surface area (Å²) in [5, 5.41) is 8.49. The normalized spacial score (nSPS) is 11.7. The largest absolute Gasteiger partial charge is 0.481 e. The van der Waals surface area contributed by atoms with Crippen molar-refractivity contribution in [3.05, 3.63) is 24.3 Å². The van der Waals surface area contributed by atoms with E-state index in [1.807, 2.05) is 0 Å². The van der Waals surface area contributed by atoms with E-state index in [0.29, 0.717) is 6.42 Å². The zero-order chi connectivity index (χ0) is 14.9. The second kappa shape index (κ2) is 16.4. The van der Waals surface area contributed by atoms with Gasteiger partial charge in [0.15, 0.2) is 0 Å². The van der Waals surface area contributed by atoms with Crippen molar-refractivity contribution in [3.8, 4) is 0 Å². The van der Waals surface area contributed by atoms with Crippen molar-refractivity contribution >= 4 is 18.6 Å². The minimum Gasteiger partial charge on any atom is -0.481 e. The molecule has 3 heteroatoms. The van der Waals surface area contributed by atoms with E-state index in [9.17, 15) is 4.79 Å². The number of hydrogen-bond acceptors (Lipinski definition) is 2. The van der Waals surface area contributed by atoms with Gasteiger partial charge in [0.1, 0.15) is 0 Å². The van der Waals surface area contributed by atoms with Crippen LogP contribution in [0.25, 0.3) is 0 Å². The third kappa shape index (κ3) is 17.3. The first-order valence-corrected chi connectivity index (χ1v) is 8.53. The molecule has 0 aromatic rings. The molecule has 0 spiro atoms. The van der Waals surface area contributed by atoms with Crippen LogP contribution in [0.15, 0.2) is 24.3 Å². The summed E-state index contributed by atoms with van der Waals surface area (Å²) in [6, 6.07) is 0. The van der Waals surface area contributed by atoms with Crippen LogP contribution in [0, 0.1) is 0 Å². The molecule has 0 atom stereocenters. The number of thiol groups is 1. The van der Waals surface area contributed by atoms with E-state index in [1.165, 1.54) is 32.1 Å². The van der Waals surface area contributed by atoms with Gasteiger partial charge in [0.25, 0.3) is 0 Å². The molecule has 0 aliphatic carbocycles. The lowest BCUT2D eigenvalue weighted by atomic mass is 10.1. The van der Waals surface area contributed by atoms with E-state index in [2.05, 4.69) is 36.9 Å². The Labute approximate surface area is 129 Å². The Kier molecular flexibility index (Phi) is 15.8. The first kappa shape index (κ1) is 19.3. The summed E-state index contributed by atoms with van der Waals surface area (Å²) >= 11 is 4.20. The Bertz CT molecular complexity index is 272. The lowest BCUT2D eigenvalue weighted by molar-refractivity contribution is -0.137. The van der Waals surface area contributed by atoms with Crippen LogP contribution < -0.4 is 0 Å². The number of carbonyl (C=O) groups is 1. The molecule has 0 aliphatic heterocycles. The van der Waals surface area contributed by atoms with Crippen LogP contribution in [0.3, 0.4) is 0 Å². The van der Waals surface area contributed by atoms with Crippen molar-refractivity contribution in [1.82, 2.24) is 0 Å². The Hall–Kier alpha value is -0.700. The van der Waals surface area contributed by atoms with Crippen LogP contribution in [0.5, 0.6) is 0 Å². The number of aliphatic carboxylic acids is 1. The van der Waals surface area contributed by atoms with Gasteiger partial charge in [-0.05, 0) is 63.5 Å². The predicted molar refractivity (Wildman–Crippen MR) is 90.6 cm³/mol. The number of allylic oxidation sites excluding steroid dienone is 4. The summed E-state index contributed by atoms with van der Waals surface area (Å²) < 4.78 is 0. The highest BCUT2D eigenvalue weighted by Gasteiger charge is 1.94. The molecule has 0 amide bonds. The molecule has 20 heavy (non-hydrogen) atoms. The molecule has 2 nitrogen and oxygen atoms in total. The number of rotatable bonds is 14. The quantitative estimate of drug-likeness (QED) is 0.256. The van der Waals surface area contributed by atoms with Gasteiger partial charge >= 0.3 is 5.97 Å². The average Bonchev–Trinajstić information content (AvgIpc) is 2.43. The molecule has 0 radical (unpaired) electrons. The minimum absolute atomic E-state index is 0.298. The van der Waals surface area contributed by atoms with E-state index >= 15 is 0 Å². The highest BCUT2D eigenvalue weighted by Crippen LogP contribution is 2.05. The van der Waals surface area contributed by atoms with Crippen molar-refractivity contribution in [3.63, 3.8) is 0 Å². The Morgan fingerprint density at radius 3 is 1.75 bits per heavy atom. The third-order valence-corrected chi connectivity index (χ3v) is 3.43. The van der Waals surface area contributed by atoms with Gasteiger partial charge in [-0.2, -0.15) is 12.6 Å². The molecule has 0 rings (SSSR count). The van der Waals surface area contributed by atoms with Crippen LogP contribution in [0.4, 0.5) is 0 Å². The summed E-state index contributed by atoms with van der Waals surface area (Å²) in [5.41, 5.74) is 0. The van der Waals surface area contributed by atoms with Gasteiger partial charge in [-0.15, -0.1) is 0 Å². The minimum atomic E-state index is -0.689. The molecule has 0 aromatic heterocycles. The summed E-state index contributed by atoms with van der Waals surface area (Å²) in [4.78, 5) is 10.3. The topological polar surface area (TPSA) is 37.3 Å². The maximum atomic E-state index is 10.3. The van der Waals surface area contributed by atoms with E-state index in [0.717, 1.165) is 37.9 Å². The second-order valence-corrected chi connectivity index (χ2v) is 5.53. The maximum Gasteiger partial charge on any atom is 0.303 e. The molecule has 0 aliphatic rings. The number of carboxylic acids is 1. The van der Waals surface area contributed by atoms with E-state index in [4.69, 9.17) is 5.11 Å². The summed E-state index contributed by atoms with van der Waals surface area (Å²) in [5.74, 6) is 0.318. The lowest BCUT2D eigenvalue weighted by Crippen LogP contribution is -1.92. The van der Waals surface area contributed by atoms with Crippen LogP contribution >= 0.6 is 12.6 Å². The lowest BCUT2D eigenvalue weighted by Gasteiger charge is -1.95. The monoisotopic (exact) mass is 298 g/mol. The zero-order valence-corrected chi connectivity index (χ0v) is 13.5. The van der Waals surface area contributed by atoms with E-state index in [-0.39, 0.29) is 0 Å². The number of unbranched alkanes of at least 4 members (excludes halogenated alkanes) is 7. The fourth-order valence-corrected chi connectivity index (χ4v) is 2.14. The zero-order valence-electron chi connectivity index (χ0n) is 12.6. The molecule has 0 saturated carbocycles. The van der Waals surface area contributed by atoms with Crippen molar-refractivity contribution in [2.45, 2.75) is 70.6 Å². The smallest absolute Gasteiger partial charge is 0.303 e. The first-order chi connectivity index (χ1) is 9.77. The highest BCUT2D eigenvalue weighted by molar-refractivity contribution is 7.80. The molecular weight excluding hydrogens is 268 g/mol. The Morgan fingerprint density at radius 2 is 1.25 bits per heavy atom. The van der Waals surface area contributed by atoms with Gasteiger partial charge in [0.2, 0.25) is 0 Å². The molecule has 0 saturated heterocycles. The molecule has 0 fully saturated rings. The van der Waals surface area contributed by atoms with Crippen LogP contribution in [0.1, 0.15) is 70.6 Å². The van der Waals surface area contributed by atoms with Gasteiger partial charge in [-0.25, -0.2) is 0 Å². The van der Waals surface area contributed by atoms with Gasteiger partial charge < -0.3 is 5.11 Å².